The van der Waals surface area contributed by atoms with Crippen molar-refractivity contribution in [2.75, 3.05) is 13.7 Å². The largest absolute Gasteiger partial charge is 0.468 e. The van der Waals surface area contributed by atoms with E-state index in [0.717, 1.165) is 12.0 Å². The first-order valence-corrected chi connectivity index (χ1v) is 6.03. The molecule has 2 unspecified atom stereocenters. The molecule has 1 aliphatic rings. The maximum absolute atomic E-state index is 12.4. The molecule has 1 heterocycles. The van der Waals surface area contributed by atoms with Gasteiger partial charge in [0.05, 0.1) is 7.11 Å². The summed E-state index contributed by atoms with van der Waals surface area (Å²) in [4.78, 5) is 36.1. The summed E-state index contributed by atoms with van der Waals surface area (Å²) < 4.78 is 29.3. The van der Waals surface area contributed by atoms with Gasteiger partial charge < -0.3 is 15.4 Å². The molecular weight excluding hydrogens is 274 g/mol. The first-order valence-electron chi connectivity index (χ1n) is 6.03. The van der Waals surface area contributed by atoms with Gasteiger partial charge in [-0.2, -0.15) is 8.78 Å². The minimum Gasteiger partial charge on any atom is -0.468 e. The zero-order valence-electron chi connectivity index (χ0n) is 11.1. The van der Waals surface area contributed by atoms with E-state index in [1.165, 1.54) is 0 Å². The smallest absolute Gasteiger partial charge is 0.318 e. The highest BCUT2D eigenvalue weighted by atomic mass is 19.3. The van der Waals surface area contributed by atoms with Crippen LogP contribution >= 0.6 is 0 Å². The van der Waals surface area contributed by atoms with Crippen LogP contribution in [0.4, 0.5) is 8.78 Å². The fourth-order valence-corrected chi connectivity index (χ4v) is 2.35. The number of rotatable bonds is 5. The third-order valence-corrected chi connectivity index (χ3v) is 3.27. The Labute approximate surface area is 114 Å². The lowest BCUT2D eigenvalue weighted by molar-refractivity contribution is -0.152. The fraction of sp³-hybridized carbons (Fsp3) is 0.583. The van der Waals surface area contributed by atoms with Crippen molar-refractivity contribution in [1.82, 2.24) is 4.90 Å². The van der Waals surface area contributed by atoms with Crippen LogP contribution in [0.15, 0.2) is 12.2 Å². The number of methoxy groups -OCH3 is 1. The van der Waals surface area contributed by atoms with Gasteiger partial charge in [-0.05, 0) is 12.5 Å². The van der Waals surface area contributed by atoms with Crippen molar-refractivity contribution in [2.45, 2.75) is 19.4 Å². The third kappa shape index (κ3) is 3.12. The van der Waals surface area contributed by atoms with Gasteiger partial charge in [-0.25, -0.2) is 0 Å². The molecule has 0 aromatic carbocycles. The topological polar surface area (TPSA) is 89.7 Å². The van der Waals surface area contributed by atoms with Crippen LogP contribution in [0.2, 0.25) is 0 Å². The van der Waals surface area contributed by atoms with E-state index in [-0.39, 0.29) is 13.0 Å². The Hall–Kier alpha value is -1.99. The van der Waals surface area contributed by atoms with Crippen LogP contribution in [0.1, 0.15) is 13.3 Å². The number of ether oxygens (including phenoxy) is 1. The molecule has 2 N–H and O–H groups in total. The fourth-order valence-electron chi connectivity index (χ4n) is 2.35. The molecule has 1 rings (SSSR count). The highest BCUT2D eigenvalue weighted by molar-refractivity contribution is 6.01. The number of hydrogen-bond acceptors (Lipinski definition) is 4. The normalized spacial score (nSPS) is 23.4. The van der Waals surface area contributed by atoms with Crippen LogP contribution in [0.25, 0.3) is 0 Å². The van der Waals surface area contributed by atoms with Crippen LogP contribution in [0.3, 0.4) is 0 Å². The molecule has 0 bridgehead atoms. The van der Waals surface area contributed by atoms with Gasteiger partial charge in [0.1, 0.15) is 12.0 Å². The number of likely N-dealkylation sites (tertiary alicyclic amines) is 1. The van der Waals surface area contributed by atoms with E-state index >= 15 is 0 Å². The van der Waals surface area contributed by atoms with E-state index in [1.807, 2.05) is 0 Å². The van der Waals surface area contributed by atoms with Gasteiger partial charge in [0.15, 0.2) is 0 Å². The Morgan fingerprint density at radius 2 is 2.15 bits per heavy atom. The molecule has 112 valence electrons. The summed E-state index contributed by atoms with van der Waals surface area (Å²) in [6.07, 6.45) is -1.22. The molecule has 0 aliphatic carbocycles. The van der Waals surface area contributed by atoms with Crippen molar-refractivity contribution in [1.29, 1.82) is 0 Å². The standard InChI is InChI=1S/C12H16F2N2O4/c1-3-7(10(15)17)16-5-6(4-8(13)14)9(11(16)18)12(19)20-2/h4,6-7,9H,3,5H2,1-2H3,(H2,15,17)/t6?,7-,9?/m0/s1. The molecular formula is C12H16F2N2O4. The molecule has 0 aromatic heterocycles. The van der Waals surface area contributed by atoms with Crippen LogP contribution in [0.5, 0.6) is 0 Å². The maximum Gasteiger partial charge on any atom is 0.318 e. The maximum atomic E-state index is 12.4. The molecule has 1 aliphatic heterocycles. The van der Waals surface area contributed by atoms with Crippen molar-refractivity contribution in [3.05, 3.63) is 12.2 Å². The molecule has 20 heavy (non-hydrogen) atoms. The quantitative estimate of drug-likeness (QED) is 0.581. The number of primary amides is 1. The Morgan fingerprint density at radius 1 is 1.55 bits per heavy atom. The van der Waals surface area contributed by atoms with Crippen LogP contribution in [-0.4, -0.2) is 42.4 Å². The Morgan fingerprint density at radius 3 is 2.55 bits per heavy atom. The van der Waals surface area contributed by atoms with Crippen molar-refractivity contribution < 1.29 is 27.9 Å². The number of carbonyl (C=O) groups excluding carboxylic acids is 3. The minimum atomic E-state index is -1.99. The first kappa shape index (κ1) is 16.1. The number of amides is 2. The second-order valence-electron chi connectivity index (χ2n) is 4.44. The highest BCUT2D eigenvalue weighted by Gasteiger charge is 2.48. The molecule has 0 spiro atoms. The van der Waals surface area contributed by atoms with Gasteiger partial charge >= 0.3 is 5.97 Å². The Bertz CT molecular complexity index is 449. The summed E-state index contributed by atoms with van der Waals surface area (Å²) in [7, 11) is 1.07. The zero-order chi connectivity index (χ0) is 15.4. The summed E-state index contributed by atoms with van der Waals surface area (Å²) in [5, 5.41) is 0. The number of halogens is 2. The Kier molecular flexibility index (Phi) is 5.18. The second kappa shape index (κ2) is 6.44. The van der Waals surface area contributed by atoms with E-state index in [2.05, 4.69) is 4.74 Å². The van der Waals surface area contributed by atoms with E-state index in [0.29, 0.717) is 6.08 Å². The van der Waals surface area contributed by atoms with Crippen molar-refractivity contribution in [3.63, 3.8) is 0 Å². The van der Waals surface area contributed by atoms with E-state index in [1.54, 1.807) is 6.92 Å². The van der Waals surface area contributed by atoms with Crippen molar-refractivity contribution in [2.24, 2.45) is 17.6 Å². The lowest BCUT2D eigenvalue weighted by atomic mass is 9.96. The number of carbonyl (C=O) groups is 3. The summed E-state index contributed by atoms with van der Waals surface area (Å²) >= 11 is 0. The third-order valence-electron chi connectivity index (χ3n) is 3.27. The molecule has 0 aromatic rings. The van der Waals surface area contributed by atoms with Crippen LogP contribution in [-0.2, 0) is 19.1 Å². The number of nitrogens with two attached hydrogens (primary N) is 1. The van der Waals surface area contributed by atoms with Gasteiger partial charge in [-0.1, -0.05) is 6.92 Å². The van der Waals surface area contributed by atoms with Crippen molar-refractivity contribution >= 4 is 17.8 Å². The van der Waals surface area contributed by atoms with E-state index in [9.17, 15) is 23.2 Å². The number of esters is 1. The lowest BCUT2D eigenvalue weighted by Crippen LogP contribution is -2.46. The second-order valence-corrected chi connectivity index (χ2v) is 4.44. The lowest BCUT2D eigenvalue weighted by Gasteiger charge is -2.24. The Balaban J connectivity index is 3.10. The van der Waals surface area contributed by atoms with Gasteiger partial charge in [0.2, 0.25) is 11.8 Å². The van der Waals surface area contributed by atoms with Crippen molar-refractivity contribution in [3.8, 4) is 0 Å². The first-order chi connectivity index (χ1) is 9.33. The van der Waals surface area contributed by atoms with Gasteiger partial charge in [-0.3, -0.25) is 14.4 Å². The minimum absolute atomic E-state index is 0.169. The van der Waals surface area contributed by atoms with Gasteiger partial charge in [-0.15, -0.1) is 0 Å². The molecule has 6 nitrogen and oxygen atoms in total. The number of nitrogens with zero attached hydrogens (tertiary/aromatic N) is 1. The molecule has 0 radical (unpaired) electrons. The summed E-state index contributed by atoms with van der Waals surface area (Å²) in [5.41, 5.74) is 5.18. The molecule has 3 atom stereocenters. The monoisotopic (exact) mass is 290 g/mol. The predicted molar refractivity (Wildman–Crippen MR) is 64.3 cm³/mol. The zero-order valence-corrected chi connectivity index (χ0v) is 11.1. The summed E-state index contributed by atoms with van der Waals surface area (Å²) in [6.45, 7) is 1.46. The van der Waals surface area contributed by atoms with E-state index in [4.69, 9.17) is 5.73 Å². The van der Waals surface area contributed by atoms with Crippen LogP contribution < -0.4 is 5.73 Å². The predicted octanol–water partition coefficient (Wildman–Crippen LogP) is 0.278. The van der Waals surface area contributed by atoms with Gasteiger partial charge in [0.25, 0.3) is 6.08 Å². The van der Waals surface area contributed by atoms with Crippen LogP contribution in [0, 0.1) is 11.8 Å². The van der Waals surface area contributed by atoms with Gasteiger partial charge in [0, 0.05) is 12.5 Å². The average molecular weight is 290 g/mol. The SMILES string of the molecule is CC[C@@H](C(N)=O)N1CC(C=C(F)F)C(C(=O)OC)C1=O. The molecule has 8 heteroatoms. The van der Waals surface area contributed by atoms with E-state index < -0.39 is 41.7 Å². The summed E-state index contributed by atoms with van der Waals surface area (Å²) in [6, 6.07) is -0.921. The highest BCUT2D eigenvalue weighted by Crippen LogP contribution is 2.30. The number of hydrogen-bond donors (Lipinski definition) is 1. The molecule has 1 fully saturated rings. The molecule has 0 saturated carbocycles. The summed E-state index contributed by atoms with van der Waals surface area (Å²) in [5.74, 6) is -4.76. The average Bonchev–Trinajstić information content (AvgIpc) is 2.65. The molecule has 2 amide bonds. The molecule has 1 saturated heterocycles.